The van der Waals surface area contributed by atoms with Gasteiger partial charge in [0.15, 0.2) is 5.82 Å². The SMILES string of the molecule is N#CCCn1nc(N2CCCNCC2)c(C#N)c1N. The van der Waals surface area contributed by atoms with Crippen LogP contribution >= 0.6 is 0 Å². The van der Waals surface area contributed by atoms with Crippen LogP contribution in [0.15, 0.2) is 0 Å². The van der Waals surface area contributed by atoms with E-state index in [2.05, 4.69) is 27.5 Å². The maximum Gasteiger partial charge on any atom is 0.170 e. The number of aryl methyl sites for hydroxylation is 1. The number of nitrogen functional groups attached to an aromatic ring is 1. The van der Waals surface area contributed by atoms with Crippen molar-refractivity contribution in [2.45, 2.75) is 19.4 Å². The summed E-state index contributed by atoms with van der Waals surface area (Å²) in [5.74, 6) is 0.992. The smallest absolute Gasteiger partial charge is 0.170 e. The van der Waals surface area contributed by atoms with Crippen LogP contribution < -0.4 is 16.0 Å². The average molecular weight is 259 g/mol. The van der Waals surface area contributed by atoms with Crippen LogP contribution in [0.2, 0.25) is 0 Å². The summed E-state index contributed by atoms with van der Waals surface area (Å²) in [5, 5.41) is 25.6. The van der Waals surface area contributed by atoms with Crippen LogP contribution in [0.25, 0.3) is 0 Å². The number of hydrogen-bond donors (Lipinski definition) is 2. The zero-order chi connectivity index (χ0) is 13.7. The number of hydrogen-bond acceptors (Lipinski definition) is 6. The van der Waals surface area contributed by atoms with Gasteiger partial charge in [0.1, 0.15) is 17.5 Å². The molecule has 100 valence electrons. The van der Waals surface area contributed by atoms with Gasteiger partial charge in [-0.15, -0.1) is 0 Å². The van der Waals surface area contributed by atoms with Gasteiger partial charge >= 0.3 is 0 Å². The van der Waals surface area contributed by atoms with Crippen LogP contribution in [0.5, 0.6) is 0 Å². The topological polar surface area (TPSA) is 107 Å². The Balaban J connectivity index is 2.28. The van der Waals surface area contributed by atoms with Crippen LogP contribution in [0.4, 0.5) is 11.6 Å². The molecule has 2 heterocycles. The van der Waals surface area contributed by atoms with Crippen molar-refractivity contribution in [3.05, 3.63) is 5.56 Å². The molecule has 7 nitrogen and oxygen atoms in total. The summed E-state index contributed by atoms with van der Waals surface area (Å²) >= 11 is 0. The van der Waals surface area contributed by atoms with E-state index in [1.165, 1.54) is 0 Å². The molecule has 1 aliphatic heterocycles. The first-order valence-corrected chi connectivity index (χ1v) is 6.37. The second-order valence-electron chi connectivity index (χ2n) is 4.42. The largest absolute Gasteiger partial charge is 0.383 e. The number of nitriles is 2. The molecule has 1 aromatic heterocycles. The van der Waals surface area contributed by atoms with Crippen LogP contribution in [0.1, 0.15) is 18.4 Å². The molecule has 0 aromatic carbocycles. The van der Waals surface area contributed by atoms with Gasteiger partial charge < -0.3 is 16.0 Å². The molecule has 0 atom stereocenters. The van der Waals surface area contributed by atoms with Gasteiger partial charge in [0, 0.05) is 19.6 Å². The lowest BCUT2D eigenvalue weighted by molar-refractivity contribution is 0.630. The number of nitrogens with two attached hydrogens (primary N) is 1. The number of anilines is 2. The van der Waals surface area contributed by atoms with E-state index in [0.29, 0.717) is 30.2 Å². The lowest BCUT2D eigenvalue weighted by atomic mass is 10.3. The van der Waals surface area contributed by atoms with E-state index in [1.54, 1.807) is 4.68 Å². The van der Waals surface area contributed by atoms with Crippen molar-refractivity contribution in [2.24, 2.45) is 0 Å². The third-order valence-corrected chi connectivity index (χ3v) is 3.16. The molecule has 1 saturated heterocycles. The van der Waals surface area contributed by atoms with E-state index < -0.39 is 0 Å². The van der Waals surface area contributed by atoms with Gasteiger partial charge in [-0.2, -0.15) is 15.6 Å². The Bertz CT molecular complexity index is 511. The molecule has 0 aliphatic carbocycles. The third kappa shape index (κ3) is 2.78. The molecule has 0 spiro atoms. The first-order chi connectivity index (χ1) is 9.27. The fourth-order valence-electron chi connectivity index (χ4n) is 2.17. The number of aromatic nitrogens is 2. The van der Waals surface area contributed by atoms with E-state index >= 15 is 0 Å². The predicted molar refractivity (Wildman–Crippen MR) is 71.3 cm³/mol. The fourth-order valence-corrected chi connectivity index (χ4v) is 2.17. The summed E-state index contributed by atoms with van der Waals surface area (Å²) in [6.45, 7) is 3.93. The molecular formula is C12H17N7. The van der Waals surface area contributed by atoms with Crippen LogP contribution in [-0.4, -0.2) is 36.0 Å². The van der Waals surface area contributed by atoms with E-state index in [0.717, 1.165) is 32.6 Å². The predicted octanol–water partition coefficient (Wildman–Crippen LogP) is 0.0504. The Morgan fingerprint density at radius 1 is 1.32 bits per heavy atom. The standard InChI is InChI=1S/C12H17N7/c13-3-1-7-19-11(15)10(9-14)12(17-19)18-6-2-4-16-5-8-18/h16H,1-2,4-8,15H2. The second kappa shape index (κ2) is 6.07. The molecule has 2 rings (SSSR count). The molecule has 1 aliphatic rings. The quantitative estimate of drug-likeness (QED) is 0.794. The molecular weight excluding hydrogens is 242 g/mol. The lowest BCUT2D eigenvalue weighted by Crippen LogP contribution is -2.28. The molecule has 7 heteroatoms. The van der Waals surface area contributed by atoms with Crippen molar-refractivity contribution in [1.82, 2.24) is 15.1 Å². The molecule has 0 unspecified atom stereocenters. The highest BCUT2D eigenvalue weighted by Crippen LogP contribution is 2.25. The third-order valence-electron chi connectivity index (χ3n) is 3.16. The van der Waals surface area contributed by atoms with Gasteiger partial charge in [-0.1, -0.05) is 0 Å². The first-order valence-electron chi connectivity index (χ1n) is 6.37. The highest BCUT2D eigenvalue weighted by molar-refractivity contribution is 5.65. The Labute approximate surface area is 112 Å². The van der Waals surface area contributed by atoms with Crippen molar-refractivity contribution in [3.63, 3.8) is 0 Å². The molecule has 0 radical (unpaired) electrons. The molecule has 0 amide bonds. The van der Waals surface area contributed by atoms with Gasteiger partial charge in [0.05, 0.1) is 19.0 Å². The normalized spacial score (nSPS) is 15.6. The summed E-state index contributed by atoms with van der Waals surface area (Å²) in [6, 6.07) is 4.18. The first kappa shape index (κ1) is 13.2. The molecule has 19 heavy (non-hydrogen) atoms. The summed E-state index contributed by atoms with van der Waals surface area (Å²) in [5.41, 5.74) is 6.34. The number of nitrogens with one attached hydrogen (secondary N) is 1. The number of nitrogens with zero attached hydrogens (tertiary/aromatic N) is 5. The summed E-state index contributed by atoms with van der Waals surface area (Å²) < 4.78 is 1.55. The van der Waals surface area contributed by atoms with Gasteiger partial charge in [-0.05, 0) is 13.0 Å². The van der Waals surface area contributed by atoms with E-state index in [-0.39, 0.29) is 0 Å². The van der Waals surface area contributed by atoms with Crippen LogP contribution in [0.3, 0.4) is 0 Å². The van der Waals surface area contributed by atoms with Gasteiger partial charge in [0.2, 0.25) is 0 Å². The van der Waals surface area contributed by atoms with Gasteiger partial charge in [-0.25, -0.2) is 4.68 Å². The minimum Gasteiger partial charge on any atom is -0.383 e. The second-order valence-corrected chi connectivity index (χ2v) is 4.42. The monoisotopic (exact) mass is 259 g/mol. The Hall–Kier alpha value is -2.25. The van der Waals surface area contributed by atoms with Crippen molar-refractivity contribution < 1.29 is 0 Å². The van der Waals surface area contributed by atoms with Gasteiger partial charge in [-0.3, -0.25) is 0 Å². The highest BCUT2D eigenvalue weighted by Gasteiger charge is 2.21. The minimum atomic E-state index is 0.331. The average Bonchev–Trinajstić information content (AvgIpc) is 2.61. The van der Waals surface area contributed by atoms with Crippen LogP contribution in [0, 0.1) is 22.7 Å². The minimum absolute atomic E-state index is 0.331. The zero-order valence-electron chi connectivity index (χ0n) is 10.8. The number of rotatable bonds is 3. The molecule has 3 N–H and O–H groups in total. The van der Waals surface area contributed by atoms with Crippen molar-refractivity contribution in [3.8, 4) is 12.1 Å². The van der Waals surface area contributed by atoms with E-state index in [9.17, 15) is 5.26 Å². The maximum absolute atomic E-state index is 9.25. The van der Waals surface area contributed by atoms with Crippen molar-refractivity contribution >= 4 is 11.6 Å². The Morgan fingerprint density at radius 3 is 2.89 bits per heavy atom. The maximum atomic E-state index is 9.25. The van der Waals surface area contributed by atoms with Crippen molar-refractivity contribution in [1.29, 1.82) is 10.5 Å². The Kier molecular flexibility index (Phi) is 4.22. The zero-order valence-corrected chi connectivity index (χ0v) is 10.8. The molecule has 1 fully saturated rings. The molecule has 0 bridgehead atoms. The molecule has 0 saturated carbocycles. The summed E-state index contributed by atoms with van der Waals surface area (Å²) in [4.78, 5) is 2.08. The lowest BCUT2D eigenvalue weighted by Gasteiger charge is -2.19. The summed E-state index contributed by atoms with van der Waals surface area (Å²) in [7, 11) is 0. The van der Waals surface area contributed by atoms with E-state index in [1.807, 2.05) is 0 Å². The van der Waals surface area contributed by atoms with E-state index in [4.69, 9.17) is 11.0 Å². The molecule has 1 aromatic rings. The fraction of sp³-hybridized carbons (Fsp3) is 0.583. The highest BCUT2D eigenvalue weighted by atomic mass is 15.4. The Morgan fingerprint density at radius 2 is 2.16 bits per heavy atom. The van der Waals surface area contributed by atoms with Gasteiger partial charge in [0.25, 0.3) is 0 Å². The van der Waals surface area contributed by atoms with Crippen molar-refractivity contribution in [2.75, 3.05) is 36.8 Å². The van der Waals surface area contributed by atoms with Crippen LogP contribution in [-0.2, 0) is 6.54 Å². The summed E-state index contributed by atoms with van der Waals surface area (Å²) in [6.07, 6.45) is 1.34.